The minimum absolute atomic E-state index is 0.0186. The topological polar surface area (TPSA) is 54.8 Å². The van der Waals surface area contributed by atoms with Gasteiger partial charge in [-0.25, -0.2) is 0 Å². The highest BCUT2D eigenvalue weighted by molar-refractivity contribution is 6.30. The second kappa shape index (κ2) is 11.6. The van der Waals surface area contributed by atoms with Gasteiger partial charge in [-0.1, -0.05) is 41.9 Å². The van der Waals surface area contributed by atoms with Crippen molar-refractivity contribution in [2.24, 2.45) is 0 Å². The quantitative estimate of drug-likeness (QED) is 0.238. The molecule has 6 nitrogen and oxygen atoms in total. The van der Waals surface area contributed by atoms with E-state index < -0.39 is 0 Å². The Morgan fingerprint density at radius 2 is 1.69 bits per heavy atom. The van der Waals surface area contributed by atoms with Gasteiger partial charge in [0.25, 0.3) is 0 Å². The monoisotopic (exact) mass is 543 g/mol. The van der Waals surface area contributed by atoms with Gasteiger partial charge in [-0.2, -0.15) is 0 Å². The maximum absolute atomic E-state index is 13.8. The Hall–Kier alpha value is -3.61. The van der Waals surface area contributed by atoms with Gasteiger partial charge in [-0.05, 0) is 80.9 Å². The number of aryl methyl sites for hydroxylation is 1. The number of amides is 1. The van der Waals surface area contributed by atoms with Crippen molar-refractivity contribution in [3.63, 3.8) is 0 Å². The second-order valence-corrected chi connectivity index (χ2v) is 10.7. The van der Waals surface area contributed by atoms with E-state index >= 15 is 0 Å². The van der Waals surface area contributed by atoms with Crippen LogP contribution < -0.4 is 4.74 Å². The van der Waals surface area contributed by atoms with E-state index in [1.54, 1.807) is 37.4 Å². The van der Waals surface area contributed by atoms with Crippen molar-refractivity contribution in [1.29, 1.82) is 0 Å². The molecule has 1 atom stereocenters. The van der Waals surface area contributed by atoms with Crippen LogP contribution in [0.4, 0.5) is 0 Å². The molecule has 0 bridgehead atoms. The smallest absolute Gasteiger partial charge is 0.242 e. The molecule has 202 valence electrons. The van der Waals surface area contributed by atoms with Gasteiger partial charge < -0.3 is 19.1 Å². The third-order valence-corrected chi connectivity index (χ3v) is 8.03. The molecule has 1 fully saturated rings. The summed E-state index contributed by atoms with van der Waals surface area (Å²) in [6.45, 7) is 5.10. The molecule has 0 spiro atoms. The number of aromatic nitrogens is 1. The molecule has 1 aromatic heterocycles. The lowest BCUT2D eigenvalue weighted by Crippen LogP contribution is -2.40. The van der Waals surface area contributed by atoms with Crippen LogP contribution in [0.1, 0.15) is 46.1 Å². The predicted molar refractivity (Wildman–Crippen MR) is 156 cm³/mol. The fraction of sp³-hybridized carbons (Fsp3) is 0.312. The van der Waals surface area contributed by atoms with E-state index in [-0.39, 0.29) is 24.3 Å². The van der Waals surface area contributed by atoms with E-state index in [2.05, 4.69) is 17.0 Å². The Balaban J connectivity index is 1.47. The highest BCUT2D eigenvalue weighted by Crippen LogP contribution is 2.33. The molecule has 0 saturated carbocycles. The summed E-state index contributed by atoms with van der Waals surface area (Å²) in [7, 11) is 3.46. The number of fused-ring (bicyclic) bond motifs is 1. The molecule has 4 aromatic rings. The summed E-state index contributed by atoms with van der Waals surface area (Å²) in [6.07, 6.45) is 2.41. The number of hydrogen-bond donors (Lipinski definition) is 0. The molecule has 3 aromatic carbocycles. The average molecular weight is 544 g/mol. The number of rotatable bonds is 9. The molecule has 5 rings (SSSR count). The number of carbonyl (C=O) groups is 2. The summed E-state index contributed by atoms with van der Waals surface area (Å²) in [6, 6.07) is 22.8. The Labute approximate surface area is 234 Å². The van der Waals surface area contributed by atoms with Crippen LogP contribution in [0.2, 0.25) is 5.02 Å². The molecule has 1 aliphatic heterocycles. The molecule has 1 amide bonds. The molecule has 2 heterocycles. The number of likely N-dealkylation sites (tertiary alicyclic amines) is 1. The van der Waals surface area contributed by atoms with Crippen LogP contribution in [0.15, 0.2) is 72.8 Å². The summed E-state index contributed by atoms with van der Waals surface area (Å²) < 4.78 is 7.59. The number of likely N-dealkylation sites (N-methyl/N-ethyl adjacent to an activating group) is 1. The lowest BCUT2D eigenvalue weighted by molar-refractivity contribution is -0.133. The Bertz CT molecular complexity index is 1470. The normalized spacial score (nSPS) is 14.5. The molecule has 0 aliphatic carbocycles. The second-order valence-electron chi connectivity index (χ2n) is 10.2. The first kappa shape index (κ1) is 27.0. The number of methoxy groups -OCH3 is 1. The highest BCUT2D eigenvalue weighted by Gasteiger charge is 2.27. The van der Waals surface area contributed by atoms with E-state index in [0.29, 0.717) is 21.9 Å². The number of ether oxygens (including phenoxy) is 1. The molecule has 7 heteroatoms. The Morgan fingerprint density at radius 1 is 1.00 bits per heavy atom. The fourth-order valence-corrected chi connectivity index (χ4v) is 5.69. The van der Waals surface area contributed by atoms with E-state index in [4.69, 9.17) is 16.3 Å². The number of carbonyl (C=O) groups excluding carboxylic acids is 2. The molecular formula is C32H34ClN3O3. The van der Waals surface area contributed by atoms with Crippen LogP contribution in [0.5, 0.6) is 5.75 Å². The van der Waals surface area contributed by atoms with Crippen molar-refractivity contribution in [1.82, 2.24) is 14.4 Å². The number of halogens is 1. The Morgan fingerprint density at radius 3 is 2.36 bits per heavy atom. The molecule has 0 radical (unpaired) electrons. The summed E-state index contributed by atoms with van der Waals surface area (Å²) in [5, 5.41) is 1.33. The zero-order valence-electron chi connectivity index (χ0n) is 22.7. The predicted octanol–water partition coefficient (Wildman–Crippen LogP) is 6.14. The van der Waals surface area contributed by atoms with Crippen molar-refractivity contribution in [2.75, 3.05) is 33.8 Å². The summed E-state index contributed by atoms with van der Waals surface area (Å²) in [5.41, 5.74) is 3.87. The molecule has 1 aliphatic rings. The number of ketones is 1. The van der Waals surface area contributed by atoms with Gasteiger partial charge in [0, 0.05) is 40.8 Å². The summed E-state index contributed by atoms with van der Waals surface area (Å²) in [5.74, 6) is 0.368. The largest absolute Gasteiger partial charge is 0.496 e. The number of nitrogens with zero attached hydrogens (tertiary/aromatic N) is 3. The zero-order valence-corrected chi connectivity index (χ0v) is 23.4. The van der Waals surface area contributed by atoms with Crippen LogP contribution in [-0.2, 0) is 11.3 Å². The van der Waals surface area contributed by atoms with E-state index in [9.17, 15) is 9.59 Å². The summed E-state index contributed by atoms with van der Waals surface area (Å²) in [4.78, 5) is 31.7. The van der Waals surface area contributed by atoms with Gasteiger partial charge in [0.2, 0.25) is 5.91 Å². The van der Waals surface area contributed by atoms with E-state index in [1.807, 2.05) is 53.8 Å². The minimum Gasteiger partial charge on any atom is -0.496 e. The third kappa shape index (κ3) is 5.58. The van der Waals surface area contributed by atoms with Crippen molar-refractivity contribution in [3.8, 4) is 5.75 Å². The molecule has 0 N–H and O–H groups in total. The number of benzene rings is 3. The van der Waals surface area contributed by atoms with Crippen molar-refractivity contribution >= 4 is 34.2 Å². The number of hydrogen-bond acceptors (Lipinski definition) is 4. The van der Waals surface area contributed by atoms with Crippen LogP contribution in [-0.4, -0.2) is 59.8 Å². The first-order valence-electron chi connectivity index (χ1n) is 13.4. The molecule has 0 unspecified atom stereocenters. The first-order valence-corrected chi connectivity index (χ1v) is 13.7. The van der Waals surface area contributed by atoms with Gasteiger partial charge in [0.05, 0.1) is 18.7 Å². The van der Waals surface area contributed by atoms with E-state index in [1.165, 1.54) is 12.8 Å². The SMILES string of the molecule is COc1ccc2c(cc(C)n2CC(=O)N(C)[C@H](CN2CCCC2)c2ccccc2)c1C(=O)c1ccc(Cl)cc1. The standard InChI is InChI=1S/C32H34ClN3O3/c1-22-19-26-27(15-16-29(39-3)31(26)32(38)24-11-13-25(33)14-12-24)36(22)21-30(37)34(2)28(20-35-17-7-8-18-35)23-9-5-4-6-10-23/h4-6,9-16,19,28H,7-8,17-18,20-21H2,1-3H3/t28-/m1/s1. The molecular weight excluding hydrogens is 510 g/mol. The lowest BCUT2D eigenvalue weighted by atomic mass is 9.99. The van der Waals surface area contributed by atoms with Gasteiger partial charge in [-0.3, -0.25) is 9.59 Å². The minimum atomic E-state index is -0.149. The first-order chi connectivity index (χ1) is 18.9. The molecule has 39 heavy (non-hydrogen) atoms. The summed E-state index contributed by atoms with van der Waals surface area (Å²) >= 11 is 6.04. The Kier molecular flexibility index (Phi) is 8.05. The van der Waals surface area contributed by atoms with Gasteiger partial charge in [0.1, 0.15) is 12.3 Å². The van der Waals surface area contributed by atoms with Gasteiger partial charge in [0.15, 0.2) is 5.78 Å². The lowest BCUT2D eigenvalue weighted by Gasteiger charge is -2.32. The van der Waals surface area contributed by atoms with Gasteiger partial charge >= 0.3 is 0 Å². The maximum Gasteiger partial charge on any atom is 0.242 e. The van der Waals surface area contributed by atoms with E-state index in [0.717, 1.165) is 41.8 Å². The zero-order chi connectivity index (χ0) is 27.5. The average Bonchev–Trinajstić information content (AvgIpc) is 3.58. The van der Waals surface area contributed by atoms with Crippen LogP contribution in [0, 0.1) is 6.92 Å². The maximum atomic E-state index is 13.8. The highest BCUT2D eigenvalue weighted by atomic mass is 35.5. The van der Waals surface area contributed by atoms with Crippen LogP contribution >= 0.6 is 11.6 Å². The van der Waals surface area contributed by atoms with Crippen molar-refractivity contribution < 1.29 is 14.3 Å². The van der Waals surface area contributed by atoms with Crippen LogP contribution in [0.3, 0.4) is 0 Å². The van der Waals surface area contributed by atoms with Crippen molar-refractivity contribution in [2.45, 2.75) is 32.4 Å². The van der Waals surface area contributed by atoms with Crippen molar-refractivity contribution in [3.05, 3.63) is 100 Å². The van der Waals surface area contributed by atoms with Gasteiger partial charge in [-0.15, -0.1) is 0 Å². The molecule has 1 saturated heterocycles. The van der Waals surface area contributed by atoms with Crippen LogP contribution in [0.25, 0.3) is 10.9 Å². The third-order valence-electron chi connectivity index (χ3n) is 7.78. The fourth-order valence-electron chi connectivity index (χ4n) is 5.56.